The Morgan fingerprint density at radius 1 is 1.45 bits per heavy atom. The third kappa shape index (κ3) is 2.13. The number of rotatable bonds is 2. The largest absolute Gasteiger partial charge is 0.469 e. The average Bonchev–Trinajstić information content (AvgIpc) is 2.87. The van der Waals surface area contributed by atoms with Gasteiger partial charge in [0.1, 0.15) is 6.04 Å². The molecule has 5 heteroatoms. The SMILES string of the molecule is COC(=O)CC1N=C/C=C2/CN=C3CCCC(=C32)C1=O. The molecule has 2 heterocycles. The number of esters is 1. The second kappa shape index (κ2) is 5.15. The van der Waals surface area contributed by atoms with E-state index >= 15 is 0 Å². The zero-order chi connectivity index (χ0) is 14.1. The van der Waals surface area contributed by atoms with Gasteiger partial charge in [0.25, 0.3) is 0 Å². The van der Waals surface area contributed by atoms with E-state index in [2.05, 4.69) is 14.7 Å². The monoisotopic (exact) mass is 272 g/mol. The first kappa shape index (κ1) is 13.0. The standard InChI is InChI=1S/C15H16N2O3/c1-20-13(18)7-12-15(19)10-3-2-4-11-14(10)9(8-17-11)5-6-16-12/h5-6,12H,2-4,7-8H2,1H3/b9-5-,16-6?. The highest BCUT2D eigenvalue weighted by molar-refractivity contribution is 6.16. The maximum Gasteiger partial charge on any atom is 0.308 e. The minimum atomic E-state index is -0.664. The van der Waals surface area contributed by atoms with Gasteiger partial charge < -0.3 is 4.74 Å². The normalized spacial score (nSPS) is 27.2. The molecule has 0 radical (unpaired) electrons. The van der Waals surface area contributed by atoms with Crippen molar-refractivity contribution in [1.82, 2.24) is 0 Å². The topological polar surface area (TPSA) is 68.1 Å². The van der Waals surface area contributed by atoms with Gasteiger partial charge in [-0.2, -0.15) is 0 Å². The number of methoxy groups -OCH3 is 1. The van der Waals surface area contributed by atoms with Crippen molar-refractivity contribution in [2.24, 2.45) is 9.98 Å². The van der Waals surface area contributed by atoms with Gasteiger partial charge in [0.15, 0.2) is 5.78 Å². The number of ether oxygens (including phenoxy) is 1. The fourth-order valence-corrected chi connectivity index (χ4v) is 2.93. The predicted octanol–water partition coefficient (Wildman–Crippen LogP) is 1.43. The van der Waals surface area contributed by atoms with Crippen molar-refractivity contribution in [1.29, 1.82) is 0 Å². The van der Waals surface area contributed by atoms with Gasteiger partial charge >= 0.3 is 5.97 Å². The molecule has 5 nitrogen and oxygen atoms in total. The molecule has 2 aliphatic heterocycles. The highest BCUT2D eigenvalue weighted by atomic mass is 16.5. The van der Waals surface area contributed by atoms with Crippen LogP contribution < -0.4 is 0 Å². The van der Waals surface area contributed by atoms with E-state index in [-0.39, 0.29) is 12.2 Å². The van der Waals surface area contributed by atoms with Gasteiger partial charge in [0.2, 0.25) is 0 Å². The third-order valence-corrected chi connectivity index (χ3v) is 3.92. The van der Waals surface area contributed by atoms with Crippen LogP contribution in [-0.4, -0.2) is 43.4 Å². The summed E-state index contributed by atoms with van der Waals surface area (Å²) >= 11 is 0. The number of hydrogen-bond acceptors (Lipinski definition) is 5. The Kier molecular flexibility index (Phi) is 3.34. The minimum absolute atomic E-state index is 0.00172. The summed E-state index contributed by atoms with van der Waals surface area (Å²) in [5.41, 5.74) is 3.92. The van der Waals surface area contributed by atoms with Crippen molar-refractivity contribution in [2.45, 2.75) is 31.7 Å². The lowest BCUT2D eigenvalue weighted by Crippen LogP contribution is -2.28. The lowest BCUT2D eigenvalue weighted by atomic mass is 9.82. The Labute approximate surface area is 117 Å². The van der Waals surface area contributed by atoms with Crippen LogP contribution in [0.25, 0.3) is 0 Å². The summed E-state index contributed by atoms with van der Waals surface area (Å²) in [7, 11) is 1.32. The van der Waals surface area contributed by atoms with Crippen LogP contribution in [0.5, 0.6) is 0 Å². The van der Waals surface area contributed by atoms with Crippen molar-refractivity contribution in [2.75, 3.05) is 13.7 Å². The fourth-order valence-electron chi connectivity index (χ4n) is 2.93. The molecule has 0 aromatic rings. The van der Waals surface area contributed by atoms with Crippen molar-refractivity contribution in [3.05, 3.63) is 22.8 Å². The Morgan fingerprint density at radius 3 is 3.10 bits per heavy atom. The number of carbonyl (C=O) groups is 2. The van der Waals surface area contributed by atoms with Crippen LogP contribution in [0.2, 0.25) is 0 Å². The molecule has 3 rings (SSSR count). The van der Waals surface area contributed by atoms with Crippen LogP contribution in [0.4, 0.5) is 0 Å². The summed E-state index contributed by atoms with van der Waals surface area (Å²) in [6.07, 6.45) is 6.15. The van der Waals surface area contributed by atoms with Crippen LogP contribution in [0, 0.1) is 0 Å². The zero-order valence-electron chi connectivity index (χ0n) is 11.4. The molecular formula is C15H16N2O3. The number of nitrogens with zero attached hydrogens (tertiary/aromatic N) is 2. The molecule has 0 spiro atoms. The van der Waals surface area contributed by atoms with Gasteiger partial charge in [-0.15, -0.1) is 0 Å². The Bertz CT molecular complexity index is 596. The molecule has 0 aromatic heterocycles. The van der Waals surface area contributed by atoms with Gasteiger partial charge in [-0.1, -0.05) is 0 Å². The summed E-state index contributed by atoms with van der Waals surface area (Å²) in [5, 5.41) is 0. The average molecular weight is 272 g/mol. The first-order valence-electron chi connectivity index (χ1n) is 6.81. The molecule has 3 aliphatic rings. The van der Waals surface area contributed by atoms with Crippen LogP contribution in [-0.2, 0) is 14.3 Å². The van der Waals surface area contributed by atoms with E-state index < -0.39 is 12.0 Å². The molecule has 0 N–H and O–H groups in total. The van der Waals surface area contributed by atoms with E-state index in [1.54, 1.807) is 6.21 Å². The number of Topliss-reactive ketones (excluding diaryl/α,β-unsaturated/α-hetero) is 1. The molecule has 20 heavy (non-hydrogen) atoms. The van der Waals surface area contributed by atoms with Crippen molar-refractivity contribution >= 4 is 23.7 Å². The Balaban J connectivity index is 2.00. The molecule has 1 unspecified atom stereocenters. The van der Waals surface area contributed by atoms with Gasteiger partial charge in [0.05, 0.1) is 20.1 Å². The quantitative estimate of drug-likeness (QED) is 0.714. The second-order valence-electron chi connectivity index (χ2n) is 5.12. The molecule has 0 fully saturated rings. The van der Waals surface area contributed by atoms with Crippen molar-refractivity contribution < 1.29 is 14.3 Å². The van der Waals surface area contributed by atoms with E-state index in [4.69, 9.17) is 0 Å². The van der Waals surface area contributed by atoms with E-state index in [9.17, 15) is 9.59 Å². The van der Waals surface area contributed by atoms with Crippen LogP contribution in [0.15, 0.2) is 32.8 Å². The maximum atomic E-state index is 12.6. The number of hydrogen-bond donors (Lipinski definition) is 0. The molecule has 104 valence electrons. The fraction of sp³-hybridized carbons (Fsp3) is 0.467. The van der Waals surface area contributed by atoms with Gasteiger partial charge in [-0.25, -0.2) is 0 Å². The molecule has 0 aromatic carbocycles. The van der Waals surface area contributed by atoms with E-state index in [0.29, 0.717) is 6.54 Å². The highest BCUT2D eigenvalue weighted by Gasteiger charge is 2.33. The summed E-state index contributed by atoms with van der Waals surface area (Å²) in [4.78, 5) is 32.8. The molecule has 1 atom stereocenters. The van der Waals surface area contributed by atoms with E-state index in [0.717, 1.165) is 41.7 Å². The first-order chi connectivity index (χ1) is 9.70. The third-order valence-electron chi connectivity index (χ3n) is 3.92. The second-order valence-corrected chi connectivity index (χ2v) is 5.12. The lowest BCUT2D eigenvalue weighted by molar-refractivity contribution is -0.142. The van der Waals surface area contributed by atoms with Crippen LogP contribution in [0.3, 0.4) is 0 Å². The van der Waals surface area contributed by atoms with Crippen LogP contribution in [0.1, 0.15) is 25.7 Å². The first-order valence-corrected chi connectivity index (χ1v) is 6.81. The van der Waals surface area contributed by atoms with E-state index in [1.807, 2.05) is 6.08 Å². The summed E-state index contributed by atoms with van der Waals surface area (Å²) in [6.45, 7) is 0.634. The van der Waals surface area contributed by atoms with Gasteiger partial charge in [-0.3, -0.25) is 19.6 Å². The van der Waals surface area contributed by atoms with Crippen LogP contribution >= 0.6 is 0 Å². The molecular weight excluding hydrogens is 256 g/mol. The molecule has 1 aliphatic carbocycles. The summed E-state index contributed by atoms with van der Waals surface area (Å²) in [5.74, 6) is -0.464. The molecule has 0 saturated heterocycles. The lowest BCUT2D eigenvalue weighted by Gasteiger charge is -2.22. The van der Waals surface area contributed by atoms with E-state index in [1.165, 1.54) is 7.11 Å². The summed E-state index contributed by atoms with van der Waals surface area (Å²) in [6, 6.07) is -0.664. The number of allylic oxidation sites excluding steroid dienone is 1. The maximum absolute atomic E-state index is 12.6. The number of carbonyl (C=O) groups excluding carboxylic acids is 2. The van der Waals surface area contributed by atoms with Crippen molar-refractivity contribution in [3.63, 3.8) is 0 Å². The Morgan fingerprint density at radius 2 is 2.30 bits per heavy atom. The molecule has 0 bridgehead atoms. The summed E-state index contributed by atoms with van der Waals surface area (Å²) < 4.78 is 4.64. The smallest absolute Gasteiger partial charge is 0.308 e. The minimum Gasteiger partial charge on any atom is -0.469 e. The number of aliphatic imine (C=N–C) groups is 2. The highest BCUT2D eigenvalue weighted by Crippen LogP contribution is 2.34. The zero-order valence-corrected chi connectivity index (χ0v) is 11.4. The Hall–Kier alpha value is -2.04. The van der Waals surface area contributed by atoms with Crippen molar-refractivity contribution in [3.8, 4) is 0 Å². The number of ketones is 1. The van der Waals surface area contributed by atoms with Gasteiger partial charge in [-0.05, 0) is 30.9 Å². The molecule has 0 amide bonds. The van der Waals surface area contributed by atoms with Gasteiger partial charge in [0, 0.05) is 23.1 Å². The predicted molar refractivity (Wildman–Crippen MR) is 75.2 cm³/mol. The molecule has 0 saturated carbocycles.